The number of benzene rings is 3. The normalized spacial score (nSPS) is 14.0. The van der Waals surface area contributed by atoms with E-state index in [0.717, 1.165) is 50.4 Å². The van der Waals surface area contributed by atoms with Crippen molar-refractivity contribution in [2.24, 2.45) is 0 Å². The molecule has 0 aliphatic carbocycles. The first-order valence-electron chi connectivity index (χ1n) is 13.0. The van der Waals surface area contributed by atoms with Crippen LogP contribution < -0.4 is 10.2 Å². The van der Waals surface area contributed by atoms with Crippen LogP contribution in [0.4, 0.5) is 10.1 Å². The summed E-state index contributed by atoms with van der Waals surface area (Å²) in [6, 6.07) is 21.7. The van der Waals surface area contributed by atoms with Crippen LogP contribution >= 0.6 is 23.2 Å². The number of para-hydroxylation sites is 1. The van der Waals surface area contributed by atoms with Crippen molar-refractivity contribution in [2.45, 2.75) is 13.3 Å². The molecule has 39 heavy (non-hydrogen) atoms. The van der Waals surface area contributed by atoms with E-state index in [4.69, 9.17) is 23.2 Å². The van der Waals surface area contributed by atoms with Gasteiger partial charge in [0, 0.05) is 38.3 Å². The van der Waals surface area contributed by atoms with Crippen molar-refractivity contribution in [2.75, 3.05) is 44.2 Å². The molecule has 0 unspecified atom stereocenters. The minimum Gasteiger partial charge on any atom is -0.368 e. The Morgan fingerprint density at radius 3 is 2.36 bits per heavy atom. The third-order valence-corrected chi connectivity index (χ3v) is 7.84. The largest absolute Gasteiger partial charge is 0.368 e. The first kappa shape index (κ1) is 27.2. The zero-order valence-corrected chi connectivity index (χ0v) is 23.2. The molecule has 0 atom stereocenters. The lowest BCUT2D eigenvalue weighted by molar-refractivity contribution is 0.0946. The average molecular weight is 567 g/mol. The van der Waals surface area contributed by atoms with Crippen molar-refractivity contribution >= 4 is 34.8 Å². The summed E-state index contributed by atoms with van der Waals surface area (Å²) in [4.78, 5) is 22.5. The van der Waals surface area contributed by atoms with E-state index in [-0.39, 0.29) is 11.7 Å². The lowest BCUT2D eigenvalue weighted by Gasteiger charge is -2.36. The van der Waals surface area contributed by atoms with E-state index < -0.39 is 0 Å². The highest BCUT2D eigenvalue weighted by Crippen LogP contribution is 2.33. The van der Waals surface area contributed by atoms with Crippen molar-refractivity contribution in [1.29, 1.82) is 0 Å². The fourth-order valence-electron chi connectivity index (χ4n) is 4.96. The fourth-order valence-corrected chi connectivity index (χ4v) is 5.38. The summed E-state index contributed by atoms with van der Waals surface area (Å²) in [7, 11) is 0. The predicted octanol–water partition coefficient (Wildman–Crippen LogP) is 6.24. The van der Waals surface area contributed by atoms with Crippen LogP contribution in [0.5, 0.6) is 0 Å². The minimum atomic E-state index is -0.375. The Bertz CT molecular complexity index is 1450. The molecule has 1 aliphatic rings. The Hall–Kier alpha value is -3.39. The molecular formula is C30H30Cl2FN5O. The monoisotopic (exact) mass is 565 g/mol. The molecule has 0 radical (unpaired) electrons. The van der Waals surface area contributed by atoms with E-state index >= 15 is 0 Å². The molecule has 1 aliphatic heterocycles. The number of carbonyl (C=O) groups excluding carboxylic acids is 1. The molecule has 3 aromatic carbocycles. The molecule has 2 heterocycles. The third-order valence-electron chi connectivity index (χ3n) is 7.03. The number of hydrogen-bond donors (Lipinski definition) is 1. The number of rotatable bonds is 8. The molecule has 0 saturated carbocycles. The van der Waals surface area contributed by atoms with Gasteiger partial charge in [0.25, 0.3) is 5.91 Å². The Morgan fingerprint density at radius 2 is 1.62 bits per heavy atom. The molecular weight excluding hydrogens is 536 g/mol. The van der Waals surface area contributed by atoms with Gasteiger partial charge in [0.1, 0.15) is 17.3 Å². The summed E-state index contributed by atoms with van der Waals surface area (Å²) >= 11 is 12.6. The number of anilines is 1. The van der Waals surface area contributed by atoms with Gasteiger partial charge in [-0.05, 0) is 44.2 Å². The summed E-state index contributed by atoms with van der Waals surface area (Å²) in [5, 5.41) is 4.17. The maximum Gasteiger partial charge on any atom is 0.271 e. The number of nitrogens with zero attached hydrogens (tertiary/aromatic N) is 4. The Morgan fingerprint density at radius 1 is 0.923 bits per heavy atom. The molecule has 5 rings (SSSR count). The van der Waals surface area contributed by atoms with Crippen LogP contribution in [0.25, 0.3) is 17.1 Å². The van der Waals surface area contributed by atoms with Gasteiger partial charge in [-0.3, -0.25) is 14.3 Å². The summed E-state index contributed by atoms with van der Waals surface area (Å²) < 4.78 is 16.5. The van der Waals surface area contributed by atoms with Gasteiger partial charge in [-0.15, -0.1) is 0 Å². The average Bonchev–Trinajstić information content (AvgIpc) is 3.30. The molecule has 1 aromatic heterocycles. The zero-order valence-electron chi connectivity index (χ0n) is 21.7. The van der Waals surface area contributed by atoms with Gasteiger partial charge in [0.2, 0.25) is 0 Å². The quantitative estimate of drug-likeness (QED) is 0.257. The number of imidazole rings is 1. The number of piperazine rings is 1. The van der Waals surface area contributed by atoms with E-state index in [9.17, 15) is 9.18 Å². The Kier molecular flexibility index (Phi) is 8.50. The Labute approximate surface area is 238 Å². The third kappa shape index (κ3) is 5.96. The molecule has 202 valence electrons. The van der Waals surface area contributed by atoms with E-state index in [0.29, 0.717) is 39.5 Å². The summed E-state index contributed by atoms with van der Waals surface area (Å²) in [5.41, 5.74) is 3.02. The Balaban J connectivity index is 1.20. The van der Waals surface area contributed by atoms with Crippen molar-refractivity contribution in [3.05, 3.63) is 100 Å². The van der Waals surface area contributed by atoms with Gasteiger partial charge in [-0.2, -0.15) is 0 Å². The topological polar surface area (TPSA) is 53.4 Å². The van der Waals surface area contributed by atoms with Gasteiger partial charge in [-0.25, -0.2) is 9.37 Å². The van der Waals surface area contributed by atoms with Crippen LogP contribution in [-0.4, -0.2) is 59.6 Å². The molecule has 0 spiro atoms. The standard InChI is InChI=1S/C30H30Cl2FN5O/c1-21-28(35-29(22-9-3-2-4-10-22)38(21)25-13-6-5-12-24(25)33)30(39)34-15-8-16-36-17-19-37(20-18-36)26-14-7-11-23(31)27(26)32/h2-7,9-14H,8,15-20H2,1H3,(H,34,39). The second-order valence-electron chi connectivity index (χ2n) is 9.53. The summed E-state index contributed by atoms with van der Waals surface area (Å²) in [5.74, 6) is -0.110. The molecule has 1 saturated heterocycles. The van der Waals surface area contributed by atoms with E-state index in [1.54, 1.807) is 35.8 Å². The molecule has 1 amide bonds. The smallest absolute Gasteiger partial charge is 0.271 e. The van der Waals surface area contributed by atoms with Crippen LogP contribution in [0.3, 0.4) is 0 Å². The van der Waals surface area contributed by atoms with Gasteiger partial charge < -0.3 is 10.2 Å². The molecule has 4 aromatic rings. The second-order valence-corrected chi connectivity index (χ2v) is 10.3. The van der Waals surface area contributed by atoms with Crippen LogP contribution in [0.1, 0.15) is 22.6 Å². The zero-order chi connectivity index (χ0) is 27.4. The number of halogens is 3. The second kappa shape index (κ2) is 12.2. The van der Waals surface area contributed by atoms with Crippen LogP contribution in [0.2, 0.25) is 10.0 Å². The highest BCUT2D eigenvalue weighted by Gasteiger charge is 2.23. The lowest BCUT2D eigenvalue weighted by atomic mass is 10.2. The molecule has 6 nitrogen and oxygen atoms in total. The van der Waals surface area contributed by atoms with Crippen molar-refractivity contribution in [3.63, 3.8) is 0 Å². The van der Waals surface area contributed by atoms with Crippen LogP contribution in [0, 0.1) is 12.7 Å². The predicted molar refractivity (Wildman–Crippen MR) is 156 cm³/mol. The molecule has 1 fully saturated rings. The van der Waals surface area contributed by atoms with Crippen molar-refractivity contribution in [1.82, 2.24) is 19.8 Å². The fraction of sp³-hybridized carbons (Fsp3) is 0.267. The SMILES string of the molecule is Cc1c(C(=O)NCCCN2CCN(c3cccc(Cl)c3Cl)CC2)nc(-c2ccccc2)n1-c1ccccc1F. The van der Waals surface area contributed by atoms with Crippen LogP contribution in [-0.2, 0) is 0 Å². The van der Waals surface area contributed by atoms with E-state index in [2.05, 4.69) is 20.1 Å². The van der Waals surface area contributed by atoms with Crippen molar-refractivity contribution in [3.8, 4) is 17.1 Å². The van der Waals surface area contributed by atoms with E-state index in [1.807, 2.05) is 42.5 Å². The van der Waals surface area contributed by atoms with Crippen molar-refractivity contribution < 1.29 is 9.18 Å². The number of aromatic nitrogens is 2. The number of hydrogen-bond acceptors (Lipinski definition) is 4. The minimum absolute atomic E-state index is 0.264. The highest BCUT2D eigenvalue weighted by molar-refractivity contribution is 6.43. The maximum absolute atomic E-state index is 14.8. The van der Waals surface area contributed by atoms with E-state index in [1.165, 1.54) is 6.07 Å². The number of amides is 1. The lowest BCUT2D eigenvalue weighted by Crippen LogP contribution is -2.47. The first-order valence-corrected chi connectivity index (χ1v) is 13.8. The van der Waals surface area contributed by atoms with Gasteiger partial charge in [-0.1, -0.05) is 71.7 Å². The number of nitrogens with one attached hydrogen (secondary N) is 1. The van der Waals surface area contributed by atoms with Gasteiger partial charge in [0.05, 0.1) is 27.1 Å². The number of carbonyl (C=O) groups is 1. The van der Waals surface area contributed by atoms with Crippen LogP contribution in [0.15, 0.2) is 72.8 Å². The van der Waals surface area contributed by atoms with Gasteiger partial charge >= 0.3 is 0 Å². The highest BCUT2D eigenvalue weighted by atomic mass is 35.5. The van der Waals surface area contributed by atoms with Gasteiger partial charge in [0.15, 0.2) is 0 Å². The molecule has 0 bridgehead atoms. The first-order chi connectivity index (χ1) is 18.9. The summed E-state index contributed by atoms with van der Waals surface area (Å²) in [6.07, 6.45) is 0.808. The summed E-state index contributed by atoms with van der Waals surface area (Å²) in [6.45, 7) is 6.73. The molecule has 9 heteroatoms. The maximum atomic E-state index is 14.8. The molecule has 1 N–H and O–H groups in total.